The number of hydrogen-bond acceptors (Lipinski definition) is 4. The molecule has 2 aromatic heterocycles. The summed E-state index contributed by atoms with van der Waals surface area (Å²) in [4.78, 5) is 3.85. The molecule has 0 radical (unpaired) electrons. The van der Waals surface area contributed by atoms with Crippen LogP contribution in [-0.2, 0) is 0 Å². The van der Waals surface area contributed by atoms with E-state index in [2.05, 4.69) is 32.4 Å². The van der Waals surface area contributed by atoms with E-state index in [9.17, 15) is 0 Å². The molecule has 0 saturated heterocycles. The summed E-state index contributed by atoms with van der Waals surface area (Å²) in [5.41, 5.74) is 4.47. The fourth-order valence-corrected chi connectivity index (χ4v) is 3.20. The van der Waals surface area contributed by atoms with Crippen LogP contribution in [-0.4, -0.2) is 15.4 Å². The van der Waals surface area contributed by atoms with Gasteiger partial charge in [0.1, 0.15) is 17.6 Å². The predicted molar refractivity (Wildman–Crippen MR) is 86.6 cm³/mol. The molecule has 6 nitrogen and oxygen atoms in total. The fraction of sp³-hybridized carbons (Fsp3) is 0.235. The molecule has 0 amide bonds. The number of anilines is 1. The van der Waals surface area contributed by atoms with Crippen molar-refractivity contribution >= 4 is 16.7 Å². The zero-order valence-corrected chi connectivity index (χ0v) is 12.6. The van der Waals surface area contributed by atoms with Crippen molar-refractivity contribution < 1.29 is 4.52 Å². The van der Waals surface area contributed by atoms with Crippen LogP contribution >= 0.6 is 0 Å². The van der Waals surface area contributed by atoms with Crippen LogP contribution in [0.25, 0.3) is 15.7 Å². The van der Waals surface area contributed by atoms with E-state index in [1.54, 1.807) is 12.5 Å². The van der Waals surface area contributed by atoms with Gasteiger partial charge in [-0.25, -0.2) is 4.85 Å². The van der Waals surface area contributed by atoms with Gasteiger partial charge >= 0.3 is 0 Å². The van der Waals surface area contributed by atoms with Crippen LogP contribution in [0.4, 0.5) is 5.82 Å². The van der Waals surface area contributed by atoms with E-state index < -0.39 is 0 Å². The van der Waals surface area contributed by atoms with Crippen LogP contribution in [0.3, 0.4) is 0 Å². The number of nitrogens with one attached hydrogen (secondary N) is 2. The SMILES string of the molecule is [C-]#[N+]C1=C(CCC)Nc2[nH]ncc2C1c1cccc2nocc12. The lowest BCUT2D eigenvalue weighted by atomic mass is 9.84. The first-order chi connectivity index (χ1) is 11.3. The highest BCUT2D eigenvalue weighted by Gasteiger charge is 2.32. The van der Waals surface area contributed by atoms with Crippen LogP contribution in [0.5, 0.6) is 0 Å². The van der Waals surface area contributed by atoms with Gasteiger partial charge in [-0.15, -0.1) is 0 Å². The summed E-state index contributed by atoms with van der Waals surface area (Å²) in [6, 6.07) is 5.89. The lowest BCUT2D eigenvalue weighted by Crippen LogP contribution is -2.17. The Morgan fingerprint density at radius 3 is 3.09 bits per heavy atom. The molecule has 3 aromatic rings. The summed E-state index contributed by atoms with van der Waals surface area (Å²) in [6.07, 6.45) is 5.22. The molecule has 0 aliphatic carbocycles. The second-order valence-corrected chi connectivity index (χ2v) is 5.58. The van der Waals surface area contributed by atoms with Gasteiger partial charge in [-0.05, 0) is 18.1 Å². The minimum absolute atomic E-state index is 0.160. The third-order valence-electron chi connectivity index (χ3n) is 4.21. The Morgan fingerprint density at radius 1 is 1.35 bits per heavy atom. The lowest BCUT2D eigenvalue weighted by molar-refractivity contribution is 0.428. The number of fused-ring (bicyclic) bond motifs is 2. The van der Waals surface area contributed by atoms with E-state index in [1.165, 1.54) is 0 Å². The summed E-state index contributed by atoms with van der Waals surface area (Å²) < 4.78 is 5.13. The van der Waals surface area contributed by atoms with E-state index >= 15 is 0 Å². The average Bonchev–Trinajstić information content (AvgIpc) is 3.22. The Morgan fingerprint density at radius 2 is 2.26 bits per heavy atom. The molecule has 0 spiro atoms. The van der Waals surface area contributed by atoms with E-state index in [0.29, 0.717) is 0 Å². The van der Waals surface area contributed by atoms with Gasteiger partial charge < -0.3 is 9.84 Å². The summed E-state index contributed by atoms with van der Waals surface area (Å²) in [5, 5.41) is 15.4. The molecule has 6 heteroatoms. The largest absolute Gasteiger partial charge is 0.363 e. The number of benzene rings is 1. The first-order valence-corrected chi connectivity index (χ1v) is 7.57. The van der Waals surface area contributed by atoms with Crippen LogP contribution in [0.15, 0.2) is 46.6 Å². The number of H-pyrrole nitrogens is 1. The minimum Gasteiger partial charge on any atom is -0.363 e. The van der Waals surface area contributed by atoms with Crippen molar-refractivity contribution in [3.05, 3.63) is 64.6 Å². The zero-order valence-electron chi connectivity index (χ0n) is 12.6. The molecule has 2 N–H and O–H groups in total. The summed E-state index contributed by atoms with van der Waals surface area (Å²) in [6.45, 7) is 9.81. The maximum atomic E-state index is 7.71. The second kappa shape index (κ2) is 5.29. The maximum Gasteiger partial charge on any atom is 0.196 e. The van der Waals surface area contributed by atoms with Crippen LogP contribution in [0.2, 0.25) is 0 Å². The van der Waals surface area contributed by atoms with E-state index in [1.807, 2.05) is 18.2 Å². The normalized spacial score (nSPS) is 17.0. The van der Waals surface area contributed by atoms with Crippen molar-refractivity contribution in [1.29, 1.82) is 0 Å². The molecule has 0 fully saturated rings. The van der Waals surface area contributed by atoms with Crippen molar-refractivity contribution in [3.63, 3.8) is 0 Å². The molecule has 0 bridgehead atoms. The first kappa shape index (κ1) is 13.6. The van der Waals surface area contributed by atoms with Crippen molar-refractivity contribution in [2.24, 2.45) is 0 Å². The monoisotopic (exact) mass is 305 g/mol. The highest BCUT2D eigenvalue weighted by molar-refractivity contribution is 5.83. The van der Waals surface area contributed by atoms with E-state index in [-0.39, 0.29) is 5.92 Å². The standard InChI is InChI=1S/C17H15N5O/c1-3-5-14-16(18-2)15(11-8-19-21-17(11)20-14)10-6-4-7-13-12(10)9-23-22-13/h4,6-9,15H,3,5H2,1H3,(H2,19,20,21). The van der Waals surface area contributed by atoms with Crippen molar-refractivity contribution in [1.82, 2.24) is 15.4 Å². The third-order valence-corrected chi connectivity index (χ3v) is 4.21. The average molecular weight is 305 g/mol. The third kappa shape index (κ3) is 2.01. The van der Waals surface area contributed by atoms with Crippen molar-refractivity contribution in [3.8, 4) is 0 Å². The number of aromatic nitrogens is 3. The molecule has 3 heterocycles. The fourth-order valence-electron chi connectivity index (χ4n) is 3.20. The van der Waals surface area contributed by atoms with Crippen LogP contribution in [0, 0.1) is 6.57 Å². The van der Waals surface area contributed by atoms with Crippen molar-refractivity contribution in [2.75, 3.05) is 5.32 Å². The molecule has 1 unspecified atom stereocenters. The highest BCUT2D eigenvalue weighted by Crippen LogP contribution is 2.44. The molecule has 1 aromatic carbocycles. The van der Waals surface area contributed by atoms with Gasteiger partial charge in [0.15, 0.2) is 5.70 Å². The van der Waals surface area contributed by atoms with Crippen LogP contribution < -0.4 is 5.32 Å². The Bertz CT molecular complexity index is 943. The number of rotatable bonds is 3. The Labute approximate surface area is 133 Å². The molecular formula is C17H15N5O. The second-order valence-electron chi connectivity index (χ2n) is 5.58. The molecule has 1 aliphatic rings. The number of aromatic amines is 1. The van der Waals surface area contributed by atoms with E-state index in [0.717, 1.165) is 52.1 Å². The topological polar surface area (TPSA) is 71.1 Å². The summed E-state index contributed by atoms with van der Waals surface area (Å²) >= 11 is 0. The van der Waals surface area contributed by atoms with E-state index in [4.69, 9.17) is 11.1 Å². The highest BCUT2D eigenvalue weighted by atomic mass is 16.5. The summed E-state index contributed by atoms with van der Waals surface area (Å²) in [5.74, 6) is 0.700. The van der Waals surface area contributed by atoms with Crippen LogP contribution in [0.1, 0.15) is 36.8 Å². The van der Waals surface area contributed by atoms with Crippen molar-refractivity contribution in [2.45, 2.75) is 25.7 Å². The lowest BCUT2D eigenvalue weighted by Gasteiger charge is -2.26. The van der Waals surface area contributed by atoms with Gasteiger partial charge in [0.2, 0.25) is 0 Å². The molecular weight excluding hydrogens is 290 g/mol. The molecule has 4 rings (SSSR count). The molecule has 0 saturated carbocycles. The maximum absolute atomic E-state index is 7.71. The van der Waals surface area contributed by atoms with Gasteiger partial charge in [-0.2, -0.15) is 5.10 Å². The minimum atomic E-state index is -0.160. The first-order valence-electron chi connectivity index (χ1n) is 7.57. The Balaban J connectivity index is 1.98. The number of hydrogen-bond donors (Lipinski definition) is 2. The zero-order chi connectivity index (χ0) is 15.8. The van der Waals surface area contributed by atoms with Gasteiger partial charge in [0.25, 0.3) is 0 Å². The molecule has 1 aliphatic heterocycles. The van der Waals surface area contributed by atoms with Gasteiger partial charge in [0, 0.05) is 16.6 Å². The molecule has 23 heavy (non-hydrogen) atoms. The molecule has 114 valence electrons. The number of nitrogens with zero attached hydrogens (tertiary/aromatic N) is 3. The number of allylic oxidation sites excluding steroid dienone is 2. The smallest absolute Gasteiger partial charge is 0.196 e. The van der Waals surface area contributed by atoms with Gasteiger partial charge in [-0.1, -0.05) is 30.6 Å². The van der Waals surface area contributed by atoms with Gasteiger partial charge in [0.05, 0.1) is 18.7 Å². The Hall–Kier alpha value is -3.07. The van der Waals surface area contributed by atoms with Gasteiger partial charge in [-0.3, -0.25) is 5.10 Å². The molecule has 1 atom stereocenters. The summed E-state index contributed by atoms with van der Waals surface area (Å²) in [7, 11) is 0. The predicted octanol–water partition coefficient (Wildman–Crippen LogP) is 4.04. The Kier molecular flexibility index (Phi) is 3.12. The quantitative estimate of drug-likeness (QED) is 0.716.